The summed E-state index contributed by atoms with van der Waals surface area (Å²) in [6.45, 7) is 0.892. The molecule has 0 aromatic heterocycles. The van der Waals surface area contributed by atoms with Crippen LogP contribution in [0.1, 0.15) is 11.1 Å². The largest absolute Gasteiger partial charge is 0.311 e. The Labute approximate surface area is 85.0 Å². The van der Waals surface area contributed by atoms with Gasteiger partial charge in [-0.05, 0) is 29.3 Å². The molecule has 2 rings (SSSR count). The Kier molecular flexibility index (Phi) is 2.11. The van der Waals surface area contributed by atoms with Gasteiger partial charge in [-0.25, -0.2) is 0 Å². The maximum Gasteiger partial charge on any atom is 0.0546 e. The summed E-state index contributed by atoms with van der Waals surface area (Å²) < 4.78 is 1.96. The van der Waals surface area contributed by atoms with E-state index in [0.717, 1.165) is 11.6 Å². The highest BCUT2D eigenvalue weighted by molar-refractivity contribution is 9.07. The highest BCUT2D eigenvalue weighted by Gasteiger charge is 2.07. The molecule has 0 aliphatic carbocycles. The van der Waals surface area contributed by atoms with Gasteiger partial charge in [-0.1, -0.05) is 17.7 Å². The Balaban J connectivity index is 2.47. The molecule has 12 heavy (non-hydrogen) atoms. The lowest BCUT2D eigenvalue weighted by molar-refractivity contribution is 0.634. The van der Waals surface area contributed by atoms with Crippen molar-refractivity contribution in [3.63, 3.8) is 0 Å². The molecule has 3 heteroatoms. The second kappa shape index (κ2) is 3.11. The number of rotatable bonds is 0. The molecule has 62 valence electrons. The van der Waals surface area contributed by atoms with E-state index in [-0.39, 0.29) is 0 Å². The van der Waals surface area contributed by atoms with Crippen LogP contribution in [0, 0.1) is 0 Å². The lowest BCUT2D eigenvalue weighted by Gasteiger charge is -2.18. The Morgan fingerprint density at radius 1 is 1.42 bits per heavy atom. The van der Waals surface area contributed by atoms with Crippen molar-refractivity contribution in [2.75, 3.05) is 0 Å². The second-order valence-electron chi connectivity index (χ2n) is 2.72. The van der Waals surface area contributed by atoms with Crippen LogP contribution in [0.4, 0.5) is 0 Å². The third kappa shape index (κ3) is 1.50. The van der Waals surface area contributed by atoms with E-state index in [1.807, 2.05) is 28.3 Å². The summed E-state index contributed by atoms with van der Waals surface area (Å²) >= 11 is 9.24. The lowest BCUT2D eigenvalue weighted by atomic mass is 10.1. The SMILES string of the molecule is Clc1ccc2c(c1)C=CN(Br)C2. The predicted octanol–water partition coefficient (Wildman–Crippen LogP) is 3.44. The molecule has 1 heterocycles. The maximum atomic E-state index is 5.85. The van der Waals surface area contributed by atoms with Gasteiger partial charge in [0.25, 0.3) is 0 Å². The van der Waals surface area contributed by atoms with Crippen molar-refractivity contribution in [3.05, 3.63) is 40.5 Å². The molecule has 1 aliphatic heterocycles. The van der Waals surface area contributed by atoms with Crippen LogP contribution in [-0.2, 0) is 6.54 Å². The van der Waals surface area contributed by atoms with E-state index in [4.69, 9.17) is 11.6 Å². The fourth-order valence-electron chi connectivity index (χ4n) is 1.24. The fourth-order valence-corrected chi connectivity index (χ4v) is 1.81. The molecule has 0 saturated carbocycles. The minimum Gasteiger partial charge on any atom is -0.311 e. The number of hydrogen-bond donors (Lipinski definition) is 0. The first-order valence-corrected chi connectivity index (χ1v) is 4.73. The number of hydrogen-bond acceptors (Lipinski definition) is 1. The molecule has 0 atom stereocenters. The van der Waals surface area contributed by atoms with Crippen LogP contribution in [0.5, 0.6) is 0 Å². The van der Waals surface area contributed by atoms with E-state index in [9.17, 15) is 0 Å². The summed E-state index contributed by atoms with van der Waals surface area (Å²) in [5.41, 5.74) is 2.50. The summed E-state index contributed by atoms with van der Waals surface area (Å²) in [7, 11) is 0. The molecule has 0 fully saturated rings. The molecule has 0 N–H and O–H groups in total. The maximum absolute atomic E-state index is 5.85. The van der Waals surface area contributed by atoms with Gasteiger partial charge < -0.3 is 3.93 Å². The summed E-state index contributed by atoms with van der Waals surface area (Å²) in [6.07, 6.45) is 4.03. The molecule has 0 radical (unpaired) electrons. The van der Waals surface area contributed by atoms with Crippen molar-refractivity contribution in [1.29, 1.82) is 0 Å². The molecule has 0 bridgehead atoms. The van der Waals surface area contributed by atoms with Crippen molar-refractivity contribution in [2.45, 2.75) is 6.54 Å². The lowest BCUT2D eigenvalue weighted by Crippen LogP contribution is -2.07. The molecule has 0 spiro atoms. The third-order valence-corrected chi connectivity index (χ3v) is 2.57. The van der Waals surface area contributed by atoms with Crippen LogP contribution >= 0.6 is 27.7 Å². The van der Waals surface area contributed by atoms with Crippen LogP contribution in [0.15, 0.2) is 24.4 Å². The highest BCUT2D eigenvalue weighted by Crippen LogP contribution is 2.24. The molecule has 0 amide bonds. The van der Waals surface area contributed by atoms with Crippen LogP contribution in [0.2, 0.25) is 5.02 Å². The second-order valence-corrected chi connectivity index (χ2v) is 4.06. The van der Waals surface area contributed by atoms with Gasteiger partial charge in [-0.3, -0.25) is 0 Å². The molecule has 0 unspecified atom stereocenters. The Hall–Kier alpha value is -0.470. The van der Waals surface area contributed by atoms with Gasteiger partial charge in [0.15, 0.2) is 0 Å². The van der Waals surface area contributed by atoms with Crippen LogP contribution in [0.25, 0.3) is 6.08 Å². The molecule has 1 aliphatic rings. The van der Waals surface area contributed by atoms with Crippen molar-refractivity contribution in [2.24, 2.45) is 0 Å². The van der Waals surface area contributed by atoms with Crippen molar-refractivity contribution in [1.82, 2.24) is 3.93 Å². The zero-order chi connectivity index (χ0) is 8.55. The van der Waals surface area contributed by atoms with Crippen LogP contribution < -0.4 is 0 Å². The predicted molar refractivity (Wildman–Crippen MR) is 55.0 cm³/mol. The monoisotopic (exact) mass is 243 g/mol. The molecule has 1 nitrogen and oxygen atoms in total. The van der Waals surface area contributed by atoms with Gasteiger partial charge in [-0.15, -0.1) is 0 Å². The molecule has 1 aromatic rings. The molecular weight excluding hydrogens is 237 g/mol. The zero-order valence-corrected chi connectivity index (χ0v) is 8.64. The number of nitrogens with zero attached hydrogens (tertiary/aromatic N) is 1. The molecule has 1 aromatic carbocycles. The average Bonchev–Trinajstić information content (AvgIpc) is 2.05. The van der Waals surface area contributed by atoms with E-state index in [1.54, 1.807) is 0 Å². The topological polar surface area (TPSA) is 3.24 Å². The van der Waals surface area contributed by atoms with Crippen molar-refractivity contribution >= 4 is 33.8 Å². The number of fused-ring (bicyclic) bond motifs is 1. The van der Waals surface area contributed by atoms with Crippen LogP contribution in [-0.4, -0.2) is 3.93 Å². The quantitative estimate of drug-likeness (QED) is 0.632. The third-order valence-electron chi connectivity index (χ3n) is 1.85. The summed E-state index contributed by atoms with van der Waals surface area (Å²) in [6, 6.07) is 5.95. The average molecular weight is 245 g/mol. The smallest absolute Gasteiger partial charge is 0.0546 e. The molecular formula is C9H7BrClN. The van der Waals surface area contributed by atoms with E-state index >= 15 is 0 Å². The van der Waals surface area contributed by atoms with Gasteiger partial charge >= 0.3 is 0 Å². The number of halogens is 2. The van der Waals surface area contributed by atoms with Gasteiger partial charge in [0.1, 0.15) is 0 Å². The minimum absolute atomic E-state index is 0.793. The standard InChI is InChI=1S/C9H7BrClN/c10-12-4-3-7-5-9(11)2-1-8(7)6-12/h1-5H,6H2. The summed E-state index contributed by atoms with van der Waals surface area (Å²) in [4.78, 5) is 0. The van der Waals surface area contributed by atoms with Crippen molar-refractivity contribution in [3.8, 4) is 0 Å². The van der Waals surface area contributed by atoms with Gasteiger partial charge in [0.2, 0.25) is 0 Å². The van der Waals surface area contributed by atoms with Crippen LogP contribution in [0.3, 0.4) is 0 Å². The Morgan fingerprint density at radius 2 is 2.25 bits per heavy atom. The fraction of sp³-hybridized carbons (Fsp3) is 0.111. The summed E-state index contributed by atoms with van der Waals surface area (Å²) in [5.74, 6) is 0. The Morgan fingerprint density at radius 3 is 3.08 bits per heavy atom. The van der Waals surface area contributed by atoms with Gasteiger partial charge in [-0.2, -0.15) is 0 Å². The first-order chi connectivity index (χ1) is 5.75. The highest BCUT2D eigenvalue weighted by atomic mass is 79.9. The zero-order valence-electron chi connectivity index (χ0n) is 6.30. The van der Waals surface area contributed by atoms with E-state index in [1.165, 1.54) is 11.1 Å². The number of benzene rings is 1. The van der Waals surface area contributed by atoms with E-state index < -0.39 is 0 Å². The first-order valence-electron chi connectivity index (χ1n) is 3.65. The molecule has 0 saturated heterocycles. The minimum atomic E-state index is 0.793. The Bertz CT molecular complexity index is 335. The van der Waals surface area contributed by atoms with Gasteiger partial charge in [0.05, 0.1) is 6.54 Å². The van der Waals surface area contributed by atoms with E-state index in [2.05, 4.69) is 22.2 Å². The normalized spacial score (nSPS) is 14.7. The first kappa shape index (κ1) is 8.14. The van der Waals surface area contributed by atoms with Crippen molar-refractivity contribution < 1.29 is 0 Å². The van der Waals surface area contributed by atoms with Gasteiger partial charge in [0, 0.05) is 27.4 Å². The van der Waals surface area contributed by atoms with E-state index in [0.29, 0.717) is 0 Å². The summed E-state index contributed by atoms with van der Waals surface area (Å²) in [5, 5.41) is 0.793.